The summed E-state index contributed by atoms with van der Waals surface area (Å²) in [5.74, 6) is 0.946. The van der Waals surface area contributed by atoms with E-state index in [1.807, 2.05) is 11.8 Å². The number of carbonyl (C=O) groups excluding carboxylic acids is 1. The maximum atomic E-state index is 12.6. The van der Waals surface area contributed by atoms with Gasteiger partial charge in [0, 0.05) is 18.3 Å². The van der Waals surface area contributed by atoms with E-state index in [1.165, 1.54) is 24.6 Å². The maximum absolute atomic E-state index is 12.6. The number of nitrogens with zero attached hydrogens (tertiary/aromatic N) is 3. The lowest BCUT2D eigenvalue weighted by Crippen LogP contribution is -2.55. The van der Waals surface area contributed by atoms with E-state index in [0.717, 1.165) is 18.5 Å². The SMILES string of the molecule is Cc1cc(N)nc(SCC(=O)N2CCOC3CCCCC32)n1. The van der Waals surface area contributed by atoms with Gasteiger partial charge in [-0.3, -0.25) is 4.79 Å². The first-order valence-corrected chi connectivity index (χ1v) is 8.77. The van der Waals surface area contributed by atoms with Crippen LogP contribution in [0.1, 0.15) is 31.4 Å². The van der Waals surface area contributed by atoms with Gasteiger partial charge in [-0.2, -0.15) is 0 Å². The van der Waals surface area contributed by atoms with Crippen molar-refractivity contribution in [1.29, 1.82) is 0 Å². The van der Waals surface area contributed by atoms with Gasteiger partial charge in [0.2, 0.25) is 5.91 Å². The second-order valence-corrected chi connectivity index (χ2v) is 6.80. The Kier molecular flexibility index (Phi) is 4.83. The van der Waals surface area contributed by atoms with Crippen LogP contribution in [0.25, 0.3) is 0 Å². The molecule has 0 radical (unpaired) electrons. The largest absolute Gasteiger partial charge is 0.384 e. The number of nitrogens with two attached hydrogens (primary N) is 1. The number of anilines is 1. The standard InChI is InChI=1S/C15H22N4O2S/c1-10-8-13(16)18-15(17-10)22-9-14(20)19-6-7-21-12-5-3-2-4-11(12)19/h8,11-12H,2-7,9H2,1H3,(H2,16,17,18). The second kappa shape index (κ2) is 6.83. The zero-order chi connectivity index (χ0) is 15.5. The molecular formula is C15H22N4O2S. The van der Waals surface area contributed by atoms with Gasteiger partial charge in [-0.25, -0.2) is 9.97 Å². The second-order valence-electron chi connectivity index (χ2n) is 5.85. The molecule has 1 aliphatic carbocycles. The van der Waals surface area contributed by atoms with Crippen molar-refractivity contribution in [3.63, 3.8) is 0 Å². The van der Waals surface area contributed by atoms with Crippen molar-refractivity contribution in [2.24, 2.45) is 0 Å². The Labute approximate surface area is 134 Å². The van der Waals surface area contributed by atoms with Gasteiger partial charge in [-0.05, 0) is 19.8 Å². The predicted molar refractivity (Wildman–Crippen MR) is 85.6 cm³/mol. The summed E-state index contributed by atoms with van der Waals surface area (Å²) in [6.07, 6.45) is 4.73. The number of hydrogen-bond acceptors (Lipinski definition) is 6. The highest BCUT2D eigenvalue weighted by Crippen LogP contribution is 2.29. The Hall–Kier alpha value is -1.34. The lowest BCUT2D eigenvalue weighted by atomic mass is 9.90. The first-order chi connectivity index (χ1) is 10.6. The molecule has 0 aromatic carbocycles. The van der Waals surface area contributed by atoms with Crippen LogP contribution in [0.5, 0.6) is 0 Å². The molecule has 2 unspecified atom stereocenters. The summed E-state index contributed by atoms with van der Waals surface area (Å²) in [4.78, 5) is 23.0. The highest BCUT2D eigenvalue weighted by atomic mass is 32.2. The van der Waals surface area contributed by atoms with Gasteiger partial charge < -0.3 is 15.4 Å². The third-order valence-electron chi connectivity index (χ3n) is 4.23. The minimum atomic E-state index is 0.147. The molecule has 120 valence electrons. The molecule has 0 bridgehead atoms. The van der Waals surface area contributed by atoms with Crippen molar-refractivity contribution >= 4 is 23.5 Å². The van der Waals surface area contributed by atoms with Gasteiger partial charge in [-0.15, -0.1) is 0 Å². The summed E-state index contributed by atoms with van der Waals surface area (Å²) in [5.41, 5.74) is 6.54. The highest BCUT2D eigenvalue weighted by molar-refractivity contribution is 7.99. The molecule has 3 rings (SSSR count). The molecule has 2 heterocycles. The van der Waals surface area contributed by atoms with E-state index in [0.29, 0.717) is 29.9 Å². The Morgan fingerprint density at radius 2 is 2.27 bits per heavy atom. The molecule has 2 aliphatic rings. The molecule has 0 spiro atoms. The summed E-state index contributed by atoms with van der Waals surface area (Å²) < 4.78 is 5.81. The van der Waals surface area contributed by atoms with Crippen molar-refractivity contribution in [1.82, 2.24) is 14.9 Å². The fourth-order valence-corrected chi connectivity index (χ4v) is 4.04. The van der Waals surface area contributed by atoms with Crippen LogP contribution in [-0.2, 0) is 9.53 Å². The summed E-state index contributed by atoms with van der Waals surface area (Å²) in [7, 11) is 0. The average molecular weight is 322 g/mol. The number of thioether (sulfide) groups is 1. The minimum Gasteiger partial charge on any atom is -0.384 e. The lowest BCUT2D eigenvalue weighted by Gasteiger charge is -2.43. The molecule has 2 fully saturated rings. The van der Waals surface area contributed by atoms with Crippen LogP contribution in [-0.4, -0.2) is 51.8 Å². The number of carbonyl (C=O) groups is 1. The van der Waals surface area contributed by atoms with Gasteiger partial charge in [0.25, 0.3) is 0 Å². The third kappa shape index (κ3) is 3.52. The van der Waals surface area contributed by atoms with Gasteiger partial charge in [0.05, 0.1) is 24.5 Å². The van der Waals surface area contributed by atoms with E-state index in [2.05, 4.69) is 9.97 Å². The Morgan fingerprint density at radius 3 is 3.09 bits per heavy atom. The normalized spacial score (nSPS) is 24.9. The zero-order valence-electron chi connectivity index (χ0n) is 12.8. The van der Waals surface area contributed by atoms with E-state index in [9.17, 15) is 4.79 Å². The van der Waals surface area contributed by atoms with Crippen molar-refractivity contribution in [3.05, 3.63) is 11.8 Å². The number of ether oxygens (including phenoxy) is 1. The highest BCUT2D eigenvalue weighted by Gasteiger charge is 2.36. The minimum absolute atomic E-state index is 0.147. The molecule has 1 saturated heterocycles. The molecule has 1 aromatic rings. The monoisotopic (exact) mass is 322 g/mol. The smallest absolute Gasteiger partial charge is 0.233 e. The molecule has 22 heavy (non-hydrogen) atoms. The quantitative estimate of drug-likeness (QED) is 0.673. The zero-order valence-corrected chi connectivity index (χ0v) is 13.6. The van der Waals surface area contributed by atoms with Crippen LogP contribution in [0.4, 0.5) is 5.82 Å². The van der Waals surface area contributed by atoms with Crippen LogP contribution >= 0.6 is 11.8 Å². The maximum Gasteiger partial charge on any atom is 0.233 e. The molecule has 1 amide bonds. The van der Waals surface area contributed by atoms with Crippen LogP contribution in [0.2, 0.25) is 0 Å². The summed E-state index contributed by atoms with van der Waals surface area (Å²) >= 11 is 1.36. The van der Waals surface area contributed by atoms with Crippen LogP contribution in [0.15, 0.2) is 11.2 Å². The molecule has 1 aliphatic heterocycles. The van der Waals surface area contributed by atoms with Crippen molar-refractivity contribution < 1.29 is 9.53 Å². The number of hydrogen-bond donors (Lipinski definition) is 1. The molecule has 1 aromatic heterocycles. The lowest BCUT2D eigenvalue weighted by molar-refractivity contribution is -0.146. The Balaban J connectivity index is 1.61. The molecule has 2 N–H and O–H groups in total. The van der Waals surface area contributed by atoms with Crippen molar-refractivity contribution in [2.45, 2.75) is 49.9 Å². The van der Waals surface area contributed by atoms with E-state index in [4.69, 9.17) is 10.5 Å². The van der Waals surface area contributed by atoms with Crippen LogP contribution in [0.3, 0.4) is 0 Å². The van der Waals surface area contributed by atoms with Crippen LogP contribution < -0.4 is 5.73 Å². The van der Waals surface area contributed by atoms with E-state index in [1.54, 1.807) is 6.07 Å². The van der Waals surface area contributed by atoms with E-state index in [-0.39, 0.29) is 18.1 Å². The fraction of sp³-hybridized carbons (Fsp3) is 0.667. The van der Waals surface area contributed by atoms with Gasteiger partial charge in [0.15, 0.2) is 5.16 Å². The number of aromatic nitrogens is 2. The first kappa shape index (κ1) is 15.6. The Morgan fingerprint density at radius 1 is 1.45 bits per heavy atom. The molecule has 6 nitrogen and oxygen atoms in total. The number of amides is 1. The molecule has 1 saturated carbocycles. The third-order valence-corrected chi connectivity index (χ3v) is 5.06. The van der Waals surface area contributed by atoms with E-state index < -0.39 is 0 Å². The number of fused-ring (bicyclic) bond motifs is 1. The molecule has 2 atom stereocenters. The number of aryl methyl sites for hydroxylation is 1. The average Bonchev–Trinajstić information content (AvgIpc) is 2.51. The number of nitrogen functional groups attached to an aromatic ring is 1. The summed E-state index contributed by atoms with van der Waals surface area (Å²) in [6.45, 7) is 3.21. The number of morpholine rings is 1. The topological polar surface area (TPSA) is 81.3 Å². The summed E-state index contributed by atoms with van der Waals surface area (Å²) in [6, 6.07) is 1.97. The van der Waals surface area contributed by atoms with Crippen molar-refractivity contribution in [2.75, 3.05) is 24.6 Å². The first-order valence-electron chi connectivity index (χ1n) is 7.78. The fourth-order valence-electron chi connectivity index (χ4n) is 3.24. The van der Waals surface area contributed by atoms with Crippen molar-refractivity contribution in [3.8, 4) is 0 Å². The summed E-state index contributed by atoms with van der Waals surface area (Å²) in [5, 5.41) is 0.569. The van der Waals surface area contributed by atoms with Gasteiger partial charge >= 0.3 is 0 Å². The number of rotatable bonds is 3. The predicted octanol–water partition coefficient (Wildman–Crippen LogP) is 1.63. The van der Waals surface area contributed by atoms with Gasteiger partial charge in [-0.1, -0.05) is 24.6 Å². The molecule has 7 heteroatoms. The van der Waals surface area contributed by atoms with Crippen LogP contribution in [0, 0.1) is 6.92 Å². The Bertz CT molecular complexity index is 532. The van der Waals surface area contributed by atoms with E-state index >= 15 is 0 Å². The molecular weight excluding hydrogens is 300 g/mol. The van der Waals surface area contributed by atoms with Gasteiger partial charge in [0.1, 0.15) is 5.82 Å².